The lowest BCUT2D eigenvalue weighted by Gasteiger charge is -2.24. The third-order valence-corrected chi connectivity index (χ3v) is 6.93. The standard InChI is InChI=1S/C29H32N2O6S/c1-4-6-7-15-37-22-12-11-19(18-23(22)35-3)25-24(27(33)28(34)31(25)29-30-13-16-38-29)26(32)20-9-8-10-21(17-20)36-14-5-2/h8-13,16-18,25,32H,4-7,14-15H2,1-3H3/b26-24+. The summed E-state index contributed by atoms with van der Waals surface area (Å²) >= 11 is 1.24. The molecule has 1 fully saturated rings. The smallest absolute Gasteiger partial charge is 0.301 e. The minimum absolute atomic E-state index is 0.0310. The van der Waals surface area contributed by atoms with Gasteiger partial charge in [-0.25, -0.2) is 4.98 Å². The highest BCUT2D eigenvalue weighted by molar-refractivity contribution is 7.14. The zero-order valence-electron chi connectivity index (χ0n) is 21.8. The van der Waals surface area contributed by atoms with Crippen LogP contribution in [0.25, 0.3) is 5.76 Å². The Hall–Kier alpha value is -3.85. The molecule has 0 spiro atoms. The van der Waals surface area contributed by atoms with E-state index in [4.69, 9.17) is 14.2 Å². The maximum absolute atomic E-state index is 13.4. The molecule has 8 nitrogen and oxygen atoms in total. The third kappa shape index (κ3) is 5.67. The molecule has 1 amide bonds. The highest BCUT2D eigenvalue weighted by Crippen LogP contribution is 2.44. The number of hydrogen-bond donors (Lipinski definition) is 1. The van der Waals surface area contributed by atoms with E-state index in [1.165, 1.54) is 23.3 Å². The number of amides is 1. The van der Waals surface area contributed by atoms with Gasteiger partial charge in [0.15, 0.2) is 16.6 Å². The highest BCUT2D eigenvalue weighted by Gasteiger charge is 2.48. The number of ketones is 1. The summed E-state index contributed by atoms with van der Waals surface area (Å²) in [6, 6.07) is 11.2. The van der Waals surface area contributed by atoms with Crippen molar-refractivity contribution < 1.29 is 28.9 Å². The Labute approximate surface area is 226 Å². The molecule has 1 N–H and O–H groups in total. The SMILES string of the molecule is CCCCCOc1ccc(C2/C(=C(\O)c3cccc(OCCC)c3)C(=O)C(=O)N2c2nccs2)cc1OC. The summed E-state index contributed by atoms with van der Waals surface area (Å²) in [6.07, 6.45) is 5.47. The number of aromatic nitrogens is 1. The minimum atomic E-state index is -0.913. The molecule has 2 heterocycles. The molecule has 1 saturated heterocycles. The second-order valence-electron chi connectivity index (χ2n) is 8.83. The average molecular weight is 537 g/mol. The first-order valence-corrected chi connectivity index (χ1v) is 13.6. The van der Waals surface area contributed by atoms with Crippen LogP contribution in [-0.4, -0.2) is 42.1 Å². The first-order chi connectivity index (χ1) is 18.5. The van der Waals surface area contributed by atoms with Gasteiger partial charge in [-0.15, -0.1) is 11.3 Å². The number of carbonyl (C=O) groups excluding carboxylic acids is 2. The Bertz CT molecular complexity index is 1300. The number of aliphatic hydroxyl groups is 1. The van der Waals surface area contributed by atoms with Crippen LogP contribution in [0.5, 0.6) is 17.2 Å². The number of anilines is 1. The van der Waals surface area contributed by atoms with Crippen LogP contribution in [0.1, 0.15) is 56.7 Å². The molecule has 1 atom stereocenters. The van der Waals surface area contributed by atoms with Crippen LogP contribution in [0.2, 0.25) is 0 Å². The van der Waals surface area contributed by atoms with Crippen molar-refractivity contribution in [2.45, 2.75) is 45.6 Å². The van der Waals surface area contributed by atoms with Crippen LogP contribution in [-0.2, 0) is 9.59 Å². The Morgan fingerprint density at radius 1 is 1.03 bits per heavy atom. The molecule has 0 radical (unpaired) electrons. The van der Waals surface area contributed by atoms with Gasteiger partial charge in [0, 0.05) is 17.1 Å². The van der Waals surface area contributed by atoms with Crippen LogP contribution >= 0.6 is 11.3 Å². The number of thiazole rings is 1. The molecular formula is C29H32N2O6S. The number of nitrogens with zero attached hydrogens (tertiary/aromatic N) is 2. The van der Waals surface area contributed by atoms with Gasteiger partial charge in [0.1, 0.15) is 11.5 Å². The lowest BCUT2D eigenvalue weighted by atomic mass is 9.95. The van der Waals surface area contributed by atoms with E-state index in [0.29, 0.717) is 46.7 Å². The van der Waals surface area contributed by atoms with Gasteiger partial charge in [-0.3, -0.25) is 14.5 Å². The first-order valence-electron chi connectivity index (χ1n) is 12.7. The normalized spacial score (nSPS) is 16.6. The largest absolute Gasteiger partial charge is 0.507 e. The van der Waals surface area contributed by atoms with Crippen molar-refractivity contribution in [1.29, 1.82) is 0 Å². The van der Waals surface area contributed by atoms with Crippen molar-refractivity contribution in [3.8, 4) is 17.2 Å². The second-order valence-corrected chi connectivity index (χ2v) is 9.70. The summed E-state index contributed by atoms with van der Waals surface area (Å²) in [5.74, 6) is -0.232. The molecule has 1 unspecified atom stereocenters. The van der Waals surface area contributed by atoms with Crippen LogP contribution in [0.4, 0.5) is 5.13 Å². The number of benzene rings is 2. The van der Waals surface area contributed by atoms with Gasteiger partial charge in [0.25, 0.3) is 5.78 Å². The molecule has 200 valence electrons. The number of rotatable bonds is 12. The molecule has 0 bridgehead atoms. The fraction of sp³-hybridized carbons (Fsp3) is 0.345. The Morgan fingerprint density at radius 2 is 1.87 bits per heavy atom. The lowest BCUT2D eigenvalue weighted by molar-refractivity contribution is -0.132. The predicted molar refractivity (Wildman–Crippen MR) is 147 cm³/mol. The van der Waals surface area contributed by atoms with E-state index in [0.717, 1.165) is 25.7 Å². The Morgan fingerprint density at radius 3 is 2.58 bits per heavy atom. The topological polar surface area (TPSA) is 98.2 Å². The van der Waals surface area contributed by atoms with Crippen LogP contribution in [0, 0.1) is 0 Å². The fourth-order valence-corrected chi connectivity index (χ4v) is 4.96. The van der Waals surface area contributed by atoms with E-state index in [1.54, 1.807) is 54.0 Å². The molecule has 38 heavy (non-hydrogen) atoms. The van der Waals surface area contributed by atoms with Crippen LogP contribution < -0.4 is 19.1 Å². The number of methoxy groups -OCH3 is 1. The fourth-order valence-electron chi connectivity index (χ4n) is 4.30. The molecule has 4 rings (SSSR count). The Balaban J connectivity index is 1.80. The van der Waals surface area contributed by atoms with Crippen LogP contribution in [0.3, 0.4) is 0 Å². The van der Waals surface area contributed by atoms with Crippen molar-refractivity contribution in [2.24, 2.45) is 0 Å². The quantitative estimate of drug-likeness (QED) is 0.129. The molecular weight excluding hydrogens is 504 g/mol. The molecule has 3 aromatic rings. The molecule has 2 aromatic carbocycles. The maximum Gasteiger partial charge on any atom is 0.301 e. The summed E-state index contributed by atoms with van der Waals surface area (Å²) in [7, 11) is 1.54. The summed E-state index contributed by atoms with van der Waals surface area (Å²) in [5.41, 5.74) is 0.928. The van der Waals surface area contributed by atoms with E-state index in [-0.39, 0.29) is 11.3 Å². The first kappa shape index (κ1) is 27.2. The van der Waals surface area contributed by atoms with E-state index < -0.39 is 17.7 Å². The Kier molecular flexibility index (Phi) is 9.02. The van der Waals surface area contributed by atoms with Gasteiger partial charge in [0.05, 0.1) is 31.9 Å². The second kappa shape index (κ2) is 12.6. The molecule has 1 aliphatic rings. The molecule has 0 saturated carbocycles. The zero-order chi connectivity index (χ0) is 27.1. The molecule has 1 aromatic heterocycles. The van der Waals surface area contributed by atoms with Crippen LogP contribution in [0.15, 0.2) is 59.6 Å². The summed E-state index contributed by atoms with van der Waals surface area (Å²) in [5, 5.41) is 13.5. The van der Waals surface area contributed by atoms with E-state index in [9.17, 15) is 14.7 Å². The third-order valence-electron chi connectivity index (χ3n) is 6.16. The zero-order valence-corrected chi connectivity index (χ0v) is 22.6. The lowest BCUT2D eigenvalue weighted by Crippen LogP contribution is -2.29. The number of unbranched alkanes of at least 4 members (excludes halogenated alkanes) is 2. The number of ether oxygens (including phenoxy) is 3. The van der Waals surface area contributed by atoms with E-state index >= 15 is 0 Å². The van der Waals surface area contributed by atoms with Gasteiger partial charge < -0.3 is 19.3 Å². The van der Waals surface area contributed by atoms with Crippen molar-refractivity contribution in [3.63, 3.8) is 0 Å². The van der Waals surface area contributed by atoms with Gasteiger partial charge in [-0.05, 0) is 42.7 Å². The summed E-state index contributed by atoms with van der Waals surface area (Å²) in [6.45, 7) is 5.20. The number of carbonyl (C=O) groups is 2. The van der Waals surface area contributed by atoms with Gasteiger partial charge >= 0.3 is 5.91 Å². The van der Waals surface area contributed by atoms with Crippen molar-refractivity contribution in [2.75, 3.05) is 25.2 Å². The molecule has 1 aliphatic heterocycles. The van der Waals surface area contributed by atoms with Crippen molar-refractivity contribution >= 4 is 33.9 Å². The van der Waals surface area contributed by atoms with E-state index in [2.05, 4.69) is 11.9 Å². The van der Waals surface area contributed by atoms with Gasteiger partial charge in [-0.2, -0.15) is 0 Å². The molecule has 0 aliphatic carbocycles. The summed E-state index contributed by atoms with van der Waals surface area (Å²) in [4.78, 5) is 32.3. The highest BCUT2D eigenvalue weighted by atomic mass is 32.1. The van der Waals surface area contributed by atoms with Gasteiger partial charge in [-0.1, -0.05) is 44.9 Å². The average Bonchev–Trinajstić information content (AvgIpc) is 3.56. The number of hydrogen-bond acceptors (Lipinski definition) is 8. The van der Waals surface area contributed by atoms with Crippen molar-refractivity contribution in [1.82, 2.24) is 4.98 Å². The van der Waals surface area contributed by atoms with E-state index in [1.807, 2.05) is 6.92 Å². The molecule has 9 heteroatoms. The summed E-state index contributed by atoms with van der Waals surface area (Å²) < 4.78 is 17.2. The minimum Gasteiger partial charge on any atom is -0.507 e. The monoisotopic (exact) mass is 536 g/mol. The number of Topliss-reactive ketones (excluding diaryl/α,β-unsaturated/α-hetero) is 1. The predicted octanol–water partition coefficient (Wildman–Crippen LogP) is 6.14. The maximum atomic E-state index is 13.4. The van der Waals surface area contributed by atoms with Crippen molar-refractivity contribution in [3.05, 3.63) is 70.7 Å². The van der Waals surface area contributed by atoms with Gasteiger partial charge in [0.2, 0.25) is 0 Å². The number of aliphatic hydroxyl groups excluding tert-OH is 1.